The van der Waals surface area contributed by atoms with Gasteiger partial charge in [-0.1, -0.05) is 6.07 Å². The highest BCUT2D eigenvalue weighted by Gasteiger charge is 2.51. The van der Waals surface area contributed by atoms with E-state index in [2.05, 4.69) is 51.7 Å². The Balaban J connectivity index is 2.11. The van der Waals surface area contributed by atoms with Crippen LogP contribution in [0.15, 0.2) is 12.1 Å². The van der Waals surface area contributed by atoms with Gasteiger partial charge in [-0.05, 0) is 82.6 Å². The molecule has 2 unspecified atom stereocenters. The Hall–Kier alpha value is -0.980. The van der Waals surface area contributed by atoms with Crippen LogP contribution in [0.25, 0.3) is 0 Å². The Kier molecular flexibility index (Phi) is 2.52. The van der Waals surface area contributed by atoms with Gasteiger partial charge in [0.15, 0.2) is 0 Å². The predicted octanol–water partition coefficient (Wildman–Crippen LogP) is 4.38. The first kappa shape index (κ1) is 12.1. The van der Waals surface area contributed by atoms with Gasteiger partial charge in [0.2, 0.25) is 0 Å². The molecule has 0 spiro atoms. The smallest absolute Gasteiger partial charge is 0.0408 e. The lowest BCUT2D eigenvalue weighted by Gasteiger charge is -2.43. The molecule has 1 saturated heterocycles. The van der Waals surface area contributed by atoms with Crippen LogP contribution in [-0.2, 0) is 0 Å². The van der Waals surface area contributed by atoms with E-state index in [4.69, 9.17) is 0 Å². The first-order chi connectivity index (χ1) is 8.42. The minimum Gasteiger partial charge on any atom is -0.363 e. The van der Waals surface area contributed by atoms with Crippen LogP contribution < -0.4 is 4.90 Å². The van der Waals surface area contributed by atoms with Crippen molar-refractivity contribution in [2.24, 2.45) is 5.92 Å². The molecule has 1 nitrogen and oxygen atoms in total. The van der Waals surface area contributed by atoms with E-state index in [1.807, 2.05) is 0 Å². The normalized spacial score (nSPS) is 34.4. The standard InChI is InChI=1S/C17H25N/c1-11-8-12(2)13(3)16(9-11)18-14(4)15-6-7-17(18,5)10-15/h8-9,14-15H,6-7,10H2,1-5H3/t14-,15?,17?/m0/s1. The molecular weight excluding hydrogens is 218 g/mol. The lowest BCUT2D eigenvalue weighted by Crippen LogP contribution is -2.47. The van der Waals surface area contributed by atoms with Gasteiger partial charge in [0.25, 0.3) is 0 Å². The van der Waals surface area contributed by atoms with Crippen LogP contribution in [0, 0.1) is 26.7 Å². The van der Waals surface area contributed by atoms with E-state index < -0.39 is 0 Å². The number of aryl methyl sites for hydroxylation is 2. The second-order valence-electron chi connectivity index (χ2n) is 6.84. The largest absolute Gasteiger partial charge is 0.363 e. The predicted molar refractivity (Wildman–Crippen MR) is 78.3 cm³/mol. The third kappa shape index (κ3) is 1.52. The quantitative estimate of drug-likeness (QED) is 0.707. The molecule has 1 aliphatic carbocycles. The number of hydrogen-bond donors (Lipinski definition) is 0. The Morgan fingerprint density at radius 1 is 1.22 bits per heavy atom. The summed E-state index contributed by atoms with van der Waals surface area (Å²) in [4.78, 5) is 2.73. The van der Waals surface area contributed by atoms with Gasteiger partial charge in [0.1, 0.15) is 0 Å². The summed E-state index contributed by atoms with van der Waals surface area (Å²) >= 11 is 0. The molecule has 0 amide bonds. The maximum absolute atomic E-state index is 2.73. The Morgan fingerprint density at radius 3 is 2.56 bits per heavy atom. The Bertz CT molecular complexity index is 491. The number of fused-ring (bicyclic) bond motifs is 2. The molecular formula is C17H25N. The number of nitrogens with zero attached hydrogens (tertiary/aromatic N) is 1. The minimum absolute atomic E-state index is 0.412. The zero-order valence-electron chi connectivity index (χ0n) is 12.4. The van der Waals surface area contributed by atoms with E-state index in [1.54, 1.807) is 0 Å². The highest BCUT2D eigenvalue weighted by atomic mass is 15.3. The van der Waals surface area contributed by atoms with Crippen LogP contribution in [0.1, 0.15) is 49.8 Å². The van der Waals surface area contributed by atoms with Gasteiger partial charge >= 0.3 is 0 Å². The number of anilines is 1. The maximum atomic E-state index is 2.73. The van der Waals surface area contributed by atoms with Gasteiger partial charge in [-0.25, -0.2) is 0 Å². The highest BCUT2D eigenvalue weighted by molar-refractivity contribution is 5.61. The van der Waals surface area contributed by atoms with Gasteiger partial charge in [-0.3, -0.25) is 0 Å². The lowest BCUT2D eigenvalue weighted by molar-refractivity contribution is 0.402. The zero-order chi connectivity index (χ0) is 13.1. The van der Waals surface area contributed by atoms with Crippen LogP contribution in [0.2, 0.25) is 0 Å². The number of benzene rings is 1. The Labute approximate surface area is 111 Å². The number of piperidine rings is 1. The molecule has 0 N–H and O–H groups in total. The van der Waals surface area contributed by atoms with E-state index in [0.717, 1.165) is 5.92 Å². The summed E-state index contributed by atoms with van der Waals surface area (Å²) in [5.74, 6) is 0.912. The summed E-state index contributed by atoms with van der Waals surface area (Å²) < 4.78 is 0. The van der Waals surface area contributed by atoms with E-state index in [9.17, 15) is 0 Å². The third-order valence-corrected chi connectivity index (χ3v) is 5.47. The highest BCUT2D eigenvalue weighted by Crippen LogP contribution is 2.52. The van der Waals surface area contributed by atoms with Gasteiger partial charge < -0.3 is 4.90 Å². The van der Waals surface area contributed by atoms with Crippen LogP contribution in [0.5, 0.6) is 0 Å². The molecule has 2 aliphatic rings. The fourth-order valence-electron chi connectivity index (χ4n) is 4.38. The summed E-state index contributed by atoms with van der Waals surface area (Å²) in [6.45, 7) is 11.6. The van der Waals surface area contributed by atoms with Crippen molar-refractivity contribution < 1.29 is 0 Å². The summed E-state index contributed by atoms with van der Waals surface area (Å²) in [5, 5.41) is 0. The molecule has 2 fully saturated rings. The van der Waals surface area contributed by atoms with Crippen molar-refractivity contribution in [2.45, 2.75) is 65.5 Å². The second kappa shape index (κ2) is 3.76. The summed E-state index contributed by atoms with van der Waals surface area (Å²) in [7, 11) is 0. The molecule has 98 valence electrons. The van der Waals surface area contributed by atoms with E-state index in [0.29, 0.717) is 11.6 Å². The van der Waals surface area contributed by atoms with E-state index in [1.165, 1.54) is 41.6 Å². The fraction of sp³-hybridized carbons (Fsp3) is 0.647. The average molecular weight is 243 g/mol. The number of hydrogen-bond acceptors (Lipinski definition) is 1. The molecule has 1 heterocycles. The van der Waals surface area contributed by atoms with E-state index in [-0.39, 0.29) is 0 Å². The van der Waals surface area contributed by atoms with Gasteiger partial charge in [-0.2, -0.15) is 0 Å². The van der Waals surface area contributed by atoms with Crippen molar-refractivity contribution in [3.63, 3.8) is 0 Å². The van der Waals surface area contributed by atoms with Gasteiger partial charge in [0, 0.05) is 17.3 Å². The third-order valence-electron chi connectivity index (χ3n) is 5.47. The van der Waals surface area contributed by atoms with Gasteiger partial charge in [0.05, 0.1) is 0 Å². The molecule has 3 atom stereocenters. The summed E-state index contributed by atoms with van der Waals surface area (Å²) in [6, 6.07) is 5.41. The molecule has 2 bridgehead atoms. The monoisotopic (exact) mass is 243 g/mol. The molecule has 1 heteroatoms. The van der Waals surface area contributed by atoms with Crippen LogP contribution in [-0.4, -0.2) is 11.6 Å². The molecule has 1 saturated carbocycles. The van der Waals surface area contributed by atoms with Crippen molar-refractivity contribution in [2.75, 3.05) is 4.90 Å². The number of rotatable bonds is 1. The van der Waals surface area contributed by atoms with Crippen LogP contribution in [0.4, 0.5) is 5.69 Å². The first-order valence-corrected chi connectivity index (χ1v) is 7.29. The molecule has 1 aromatic carbocycles. The topological polar surface area (TPSA) is 3.24 Å². The summed E-state index contributed by atoms with van der Waals surface area (Å²) in [5.41, 5.74) is 6.20. The van der Waals surface area contributed by atoms with Crippen LogP contribution in [0.3, 0.4) is 0 Å². The molecule has 1 aromatic rings. The Morgan fingerprint density at radius 2 is 1.94 bits per heavy atom. The van der Waals surface area contributed by atoms with Crippen molar-refractivity contribution in [1.29, 1.82) is 0 Å². The molecule has 3 rings (SSSR count). The van der Waals surface area contributed by atoms with Crippen molar-refractivity contribution in [1.82, 2.24) is 0 Å². The maximum Gasteiger partial charge on any atom is 0.0408 e. The first-order valence-electron chi connectivity index (χ1n) is 7.29. The lowest BCUT2D eigenvalue weighted by atomic mass is 9.93. The minimum atomic E-state index is 0.412. The van der Waals surface area contributed by atoms with Crippen molar-refractivity contribution in [3.8, 4) is 0 Å². The van der Waals surface area contributed by atoms with E-state index >= 15 is 0 Å². The van der Waals surface area contributed by atoms with Gasteiger partial charge in [-0.15, -0.1) is 0 Å². The zero-order valence-corrected chi connectivity index (χ0v) is 12.4. The molecule has 1 aliphatic heterocycles. The SMILES string of the molecule is Cc1cc(C)c(C)c(N2[C@@H](C)C3CCC2(C)C3)c1. The fourth-order valence-corrected chi connectivity index (χ4v) is 4.38. The molecule has 0 radical (unpaired) electrons. The van der Waals surface area contributed by atoms with Crippen LogP contribution >= 0.6 is 0 Å². The summed E-state index contributed by atoms with van der Waals surface area (Å²) in [6.07, 6.45) is 4.19. The molecule has 18 heavy (non-hydrogen) atoms. The second-order valence-corrected chi connectivity index (χ2v) is 6.84. The van der Waals surface area contributed by atoms with Crippen molar-refractivity contribution in [3.05, 3.63) is 28.8 Å². The average Bonchev–Trinajstić information content (AvgIpc) is 2.78. The molecule has 0 aromatic heterocycles. The van der Waals surface area contributed by atoms with Crippen molar-refractivity contribution >= 4 is 5.69 Å².